The van der Waals surface area contributed by atoms with Crippen LogP contribution in [0.15, 0.2) is 30.3 Å². The Labute approximate surface area is 99.6 Å². The molecule has 1 aromatic carbocycles. The normalized spacial score (nSPS) is 12.7. The number of hydrogen-bond acceptors (Lipinski definition) is 2. The molecule has 0 spiro atoms. The monoisotopic (exact) mass is 235 g/mol. The average Bonchev–Trinajstić information content (AvgIpc) is 2.66. The highest BCUT2D eigenvalue weighted by molar-refractivity contribution is 6.33. The van der Waals surface area contributed by atoms with Gasteiger partial charge in [0.25, 0.3) is 0 Å². The van der Waals surface area contributed by atoms with E-state index in [4.69, 9.17) is 17.3 Å². The summed E-state index contributed by atoms with van der Waals surface area (Å²) in [4.78, 5) is 0. The number of H-pyrrole nitrogens is 1. The number of nitrogens with one attached hydrogen (secondary N) is 1. The van der Waals surface area contributed by atoms with E-state index < -0.39 is 0 Å². The Morgan fingerprint density at radius 1 is 1.44 bits per heavy atom. The minimum atomic E-state index is 0.125. The number of hydrogen-bond donors (Lipinski definition) is 2. The van der Waals surface area contributed by atoms with Gasteiger partial charge in [0.15, 0.2) is 0 Å². The van der Waals surface area contributed by atoms with E-state index in [-0.39, 0.29) is 6.04 Å². The summed E-state index contributed by atoms with van der Waals surface area (Å²) in [5.74, 6) is 0. The molecule has 0 aliphatic rings. The molecule has 84 valence electrons. The van der Waals surface area contributed by atoms with Crippen molar-refractivity contribution in [1.29, 1.82) is 0 Å². The molecule has 2 rings (SSSR count). The Kier molecular flexibility index (Phi) is 3.27. The molecule has 0 radical (unpaired) electrons. The first-order chi connectivity index (χ1) is 7.66. The zero-order valence-corrected chi connectivity index (χ0v) is 9.83. The van der Waals surface area contributed by atoms with Gasteiger partial charge in [0.2, 0.25) is 0 Å². The third-order valence-electron chi connectivity index (χ3n) is 2.32. The van der Waals surface area contributed by atoms with Gasteiger partial charge in [0.05, 0.1) is 10.7 Å². The second-order valence-corrected chi connectivity index (χ2v) is 4.35. The molecular formula is C12H14ClN3. The first-order valence-electron chi connectivity index (χ1n) is 5.21. The lowest BCUT2D eigenvalue weighted by atomic mass is 10.1. The molecule has 1 aromatic heterocycles. The maximum absolute atomic E-state index is 6.10. The van der Waals surface area contributed by atoms with Crippen molar-refractivity contribution < 1.29 is 0 Å². The summed E-state index contributed by atoms with van der Waals surface area (Å²) in [6.45, 7) is 1.97. The zero-order chi connectivity index (χ0) is 11.5. The number of nitrogens with two attached hydrogens (primary N) is 1. The number of halogens is 1. The van der Waals surface area contributed by atoms with Crippen molar-refractivity contribution in [3.05, 3.63) is 41.0 Å². The van der Waals surface area contributed by atoms with Gasteiger partial charge in [0, 0.05) is 23.7 Å². The van der Waals surface area contributed by atoms with Crippen molar-refractivity contribution in [2.24, 2.45) is 5.73 Å². The summed E-state index contributed by atoms with van der Waals surface area (Å²) in [6, 6.07) is 9.78. The van der Waals surface area contributed by atoms with Crippen LogP contribution in [0, 0.1) is 0 Å². The topological polar surface area (TPSA) is 54.7 Å². The van der Waals surface area contributed by atoms with Crippen LogP contribution in [0.4, 0.5) is 0 Å². The van der Waals surface area contributed by atoms with Gasteiger partial charge in [-0.25, -0.2) is 0 Å². The lowest BCUT2D eigenvalue weighted by molar-refractivity contribution is 0.719. The van der Waals surface area contributed by atoms with Gasteiger partial charge < -0.3 is 5.73 Å². The van der Waals surface area contributed by atoms with Gasteiger partial charge in [-0.3, -0.25) is 5.10 Å². The molecule has 1 unspecified atom stereocenters. The summed E-state index contributed by atoms with van der Waals surface area (Å²) in [5.41, 5.74) is 8.56. The summed E-state index contributed by atoms with van der Waals surface area (Å²) < 4.78 is 0. The van der Waals surface area contributed by atoms with Crippen molar-refractivity contribution in [3.63, 3.8) is 0 Å². The quantitative estimate of drug-likeness (QED) is 0.859. The molecular weight excluding hydrogens is 222 g/mol. The Balaban J connectivity index is 2.28. The molecule has 1 atom stereocenters. The summed E-state index contributed by atoms with van der Waals surface area (Å²) in [5, 5.41) is 7.92. The molecule has 0 saturated carbocycles. The second kappa shape index (κ2) is 4.68. The molecule has 2 aromatic rings. The predicted molar refractivity (Wildman–Crippen MR) is 66.4 cm³/mol. The summed E-state index contributed by atoms with van der Waals surface area (Å²) in [7, 11) is 0. The van der Waals surface area contributed by atoms with Crippen molar-refractivity contribution in [3.8, 4) is 11.3 Å². The third kappa shape index (κ3) is 2.43. The van der Waals surface area contributed by atoms with Gasteiger partial charge >= 0.3 is 0 Å². The number of rotatable bonds is 3. The first-order valence-corrected chi connectivity index (χ1v) is 5.59. The fourth-order valence-corrected chi connectivity index (χ4v) is 1.85. The SMILES string of the molecule is CC(N)Cc1cc(-c2ccccc2Cl)n[nH]1. The molecule has 4 heteroatoms. The minimum Gasteiger partial charge on any atom is -0.328 e. The van der Waals surface area contributed by atoms with E-state index in [2.05, 4.69) is 10.2 Å². The van der Waals surface area contributed by atoms with E-state index in [1.54, 1.807) is 0 Å². The molecule has 0 saturated heterocycles. The van der Waals surface area contributed by atoms with Crippen LogP contribution in [0.5, 0.6) is 0 Å². The molecule has 0 bridgehead atoms. The molecule has 0 amide bonds. The van der Waals surface area contributed by atoms with E-state index in [9.17, 15) is 0 Å². The highest BCUT2D eigenvalue weighted by Gasteiger charge is 2.07. The lowest BCUT2D eigenvalue weighted by Gasteiger charge is -2.00. The van der Waals surface area contributed by atoms with Crippen molar-refractivity contribution in [1.82, 2.24) is 10.2 Å². The fraction of sp³-hybridized carbons (Fsp3) is 0.250. The van der Waals surface area contributed by atoms with Gasteiger partial charge in [-0.15, -0.1) is 0 Å². The highest BCUT2D eigenvalue weighted by Crippen LogP contribution is 2.26. The molecule has 1 heterocycles. The number of aromatic nitrogens is 2. The second-order valence-electron chi connectivity index (χ2n) is 3.94. The summed E-state index contributed by atoms with van der Waals surface area (Å²) >= 11 is 6.10. The van der Waals surface area contributed by atoms with Crippen LogP contribution < -0.4 is 5.73 Å². The smallest absolute Gasteiger partial charge is 0.0938 e. The van der Waals surface area contributed by atoms with Gasteiger partial charge in [-0.1, -0.05) is 29.8 Å². The highest BCUT2D eigenvalue weighted by atomic mass is 35.5. The van der Waals surface area contributed by atoms with Crippen LogP contribution >= 0.6 is 11.6 Å². The Morgan fingerprint density at radius 3 is 2.88 bits per heavy atom. The predicted octanol–water partition coefficient (Wildman–Crippen LogP) is 2.62. The van der Waals surface area contributed by atoms with E-state index in [0.29, 0.717) is 5.02 Å². The Morgan fingerprint density at radius 2 is 2.19 bits per heavy atom. The maximum Gasteiger partial charge on any atom is 0.0938 e. The largest absolute Gasteiger partial charge is 0.328 e. The van der Waals surface area contributed by atoms with E-state index in [0.717, 1.165) is 23.4 Å². The molecule has 3 N–H and O–H groups in total. The molecule has 0 aliphatic heterocycles. The Hall–Kier alpha value is -1.32. The fourth-order valence-electron chi connectivity index (χ4n) is 1.62. The van der Waals surface area contributed by atoms with Crippen molar-refractivity contribution >= 4 is 11.6 Å². The Bertz CT molecular complexity index is 477. The number of aromatic amines is 1. The van der Waals surface area contributed by atoms with Gasteiger partial charge in [0.1, 0.15) is 0 Å². The van der Waals surface area contributed by atoms with Gasteiger partial charge in [-0.05, 0) is 19.1 Å². The lowest BCUT2D eigenvalue weighted by Crippen LogP contribution is -2.17. The van der Waals surface area contributed by atoms with Crippen LogP contribution in [-0.2, 0) is 6.42 Å². The minimum absolute atomic E-state index is 0.125. The average molecular weight is 236 g/mol. The molecule has 16 heavy (non-hydrogen) atoms. The molecule has 3 nitrogen and oxygen atoms in total. The van der Waals surface area contributed by atoms with Crippen LogP contribution in [0.25, 0.3) is 11.3 Å². The van der Waals surface area contributed by atoms with E-state index in [1.807, 2.05) is 37.3 Å². The van der Waals surface area contributed by atoms with Gasteiger partial charge in [-0.2, -0.15) is 5.10 Å². The summed E-state index contributed by atoms with van der Waals surface area (Å²) in [6.07, 6.45) is 0.789. The first kappa shape index (κ1) is 11.2. The molecule has 0 fully saturated rings. The van der Waals surface area contributed by atoms with Crippen LogP contribution in [0.2, 0.25) is 5.02 Å². The number of nitrogens with zero attached hydrogens (tertiary/aromatic N) is 1. The van der Waals surface area contributed by atoms with Crippen molar-refractivity contribution in [2.75, 3.05) is 0 Å². The van der Waals surface area contributed by atoms with E-state index >= 15 is 0 Å². The van der Waals surface area contributed by atoms with Crippen LogP contribution in [-0.4, -0.2) is 16.2 Å². The molecule has 0 aliphatic carbocycles. The third-order valence-corrected chi connectivity index (χ3v) is 2.65. The van der Waals surface area contributed by atoms with Crippen LogP contribution in [0.1, 0.15) is 12.6 Å². The van der Waals surface area contributed by atoms with Crippen LogP contribution in [0.3, 0.4) is 0 Å². The standard InChI is InChI=1S/C12H14ClN3/c1-8(14)6-9-7-12(16-15-9)10-4-2-3-5-11(10)13/h2-5,7-8H,6,14H2,1H3,(H,15,16). The zero-order valence-electron chi connectivity index (χ0n) is 9.07. The number of benzene rings is 1. The van der Waals surface area contributed by atoms with Crippen molar-refractivity contribution in [2.45, 2.75) is 19.4 Å². The van der Waals surface area contributed by atoms with E-state index in [1.165, 1.54) is 0 Å². The maximum atomic E-state index is 6.10.